The molecule has 112 valence electrons. The lowest BCUT2D eigenvalue weighted by atomic mass is 10.1. The van der Waals surface area contributed by atoms with E-state index in [0.29, 0.717) is 22.2 Å². The molecule has 2 aromatic rings. The summed E-state index contributed by atoms with van der Waals surface area (Å²) in [6.45, 7) is 4.42. The third-order valence-electron chi connectivity index (χ3n) is 3.29. The van der Waals surface area contributed by atoms with Crippen molar-refractivity contribution >= 4 is 44.8 Å². The summed E-state index contributed by atoms with van der Waals surface area (Å²) in [5.74, 6) is 0. The predicted octanol–water partition coefficient (Wildman–Crippen LogP) is 5.52. The van der Waals surface area contributed by atoms with Crippen molar-refractivity contribution in [2.75, 3.05) is 11.9 Å². The highest BCUT2D eigenvalue weighted by atomic mass is 79.9. The summed E-state index contributed by atoms with van der Waals surface area (Å²) < 4.78 is 1.04. The molecule has 0 radical (unpaired) electrons. The molecule has 0 saturated heterocycles. The number of nitrogens with one attached hydrogen (secondary N) is 1. The number of aliphatic hydroxyl groups excluding tert-OH is 1. The van der Waals surface area contributed by atoms with Crippen molar-refractivity contribution in [2.45, 2.75) is 20.0 Å². The maximum atomic E-state index is 10.3. The number of rotatable bonds is 4. The number of aryl methyl sites for hydroxylation is 2. The van der Waals surface area contributed by atoms with Gasteiger partial charge in [-0.05, 0) is 55.3 Å². The van der Waals surface area contributed by atoms with Crippen LogP contribution >= 0.6 is 39.1 Å². The molecule has 2 aromatic carbocycles. The van der Waals surface area contributed by atoms with Gasteiger partial charge in [-0.25, -0.2) is 0 Å². The van der Waals surface area contributed by atoms with Gasteiger partial charge in [0.05, 0.1) is 6.10 Å². The van der Waals surface area contributed by atoms with Crippen LogP contribution in [0.1, 0.15) is 22.8 Å². The summed E-state index contributed by atoms with van der Waals surface area (Å²) in [7, 11) is 0. The Kier molecular flexibility index (Phi) is 5.55. The summed E-state index contributed by atoms with van der Waals surface area (Å²) in [5, 5.41) is 14.7. The Bertz CT molecular complexity index is 638. The van der Waals surface area contributed by atoms with Crippen LogP contribution < -0.4 is 5.32 Å². The molecule has 0 aliphatic heterocycles. The molecule has 1 atom stereocenters. The second-order valence-electron chi connectivity index (χ2n) is 4.98. The molecule has 2 N–H and O–H groups in total. The Hall–Kier alpha value is -0.740. The van der Waals surface area contributed by atoms with Crippen molar-refractivity contribution in [3.05, 3.63) is 61.5 Å². The van der Waals surface area contributed by atoms with E-state index >= 15 is 0 Å². The van der Waals surface area contributed by atoms with E-state index in [2.05, 4.69) is 21.2 Å². The zero-order valence-corrected chi connectivity index (χ0v) is 14.9. The number of benzene rings is 2. The van der Waals surface area contributed by atoms with E-state index in [9.17, 15) is 5.11 Å². The third kappa shape index (κ3) is 4.13. The highest BCUT2D eigenvalue weighted by Crippen LogP contribution is 2.29. The van der Waals surface area contributed by atoms with E-state index in [0.717, 1.165) is 21.3 Å². The average molecular weight is 389 g/mol. The van der Waals surface area contributed by atoms with Gasteiger partial charge < -0.3 is 10.4 Å². The van der Waals surface area contributed by atoms with Crippen molar-refractivity contribution in [1.29, 1.82) is 0 Å². The van der Waals surface area contributed by atoms with Crippen molar-refractivity contribution < 1.29 is 5.11 Å². The SMILES string of the molecule is Cc1cc(Br)cc(C)c1NCC(O)c1cc(Cl)ccc1Cl. The first-order valence-electron chi connectivity index (χ1n) is 6.52. The molecule has 2 rings (SSSR count). The normalized spacial score (nSPS) is 12.3. The fraction of sp³-hybridized carbons (Fsp3) is 0.250. The van der Waals surface area contributed by atoms with Crippen LogP contribution in [-0.4, -0.2) is 11.7 Å². The van der Waals surface area contributed by atoms with Gasteiger partial charge in [-0.3, -0.25) is 0 Å². The van der Waals surface area contributed by atoms with Gasteiger partial charge in [-0.2, -0.15) is 0 Å². The molecule has 21 heavy (non-hydrogen) atoms. The molecule has 2 nitrogen and oxygen atoms in total. The van der Waals surface area contributed by atoms with E-state index in [1.807, 2.05) is 26.0 Å². The Balaban J connectivity index is 2.15. The van der Waals surface area contributed by atoms with Crippen LogP contribution in [0.4, 0.5) is 5.69 Å². The highest BCUT2D eigenvalue weighted by molar-refractivity contribution is 9.10. The number of halogens is 3. The summed E-state index contributed by atoms with van der Waals surface area (Å²) in [6.07, 6.45) is -0.723. The van der Waals surface area contributed by atoms with Crippen LogP contribution in [-0.2, 0) is 0 Å². The van der Waals surface area contributed by atoms with Crippen molar-refractivity contribution in [3.8, 4) is 0 Å². The van der Waals surface area contributed by atoms with Crippen LogP contribution in [0.2, 0.25) is 10.0 Å². The van der Waals surface area contributed by atoms with Gasteiger partial charge >= 0.3 is 0 Å². The van der Waals surface area contributed by atoms with Crippen molar-refractivity contribution in [3.63, 3.8) is 0 Å². The predicted molar refractivity (Wildman–Crippen MR) is 93.5 cm³/mol. The van der Waals surface area contributed by atoms with Gasteiger partial charge in [-0.1, -0.05) is 39.1 Å². The number of anilines is 1. The van der Waals surface area contributed by atoms with E-state index < -0.39 is 6.10 Å². The maximum Gasteiger partial charge on any atom is 0.0977 e. The molecule has 0 aliphatic carbocycles. The molecule has 5 heteroatoms. The van der Waals surface area contributed by atoms with Crippen LogP contribution in [0.25, 0.3) is 0 Å². The minimum Gasteiger partial charge on any atom is -0.387 e. The summed E-state index contributed by atoms with van der Waals surface area (Å²) >= 11 is 15.5. The smallest absolute Gasteiger partial charge is 0.0977 e. The Labute approximate surface area is 143 Å². The number of aliphatic hydroxyl groups is 1. The van der Waals surface area contributed by atoms with E-state index in [4.69, 9.17) is 23.2 Å². The second kappa shape index (κ2) is 7.01. The lowest BCUT2D eigenvalue weighted by Gasteiger charge is -2.18. The first-order chi connectivity index (χ1) is 9.88. The minimum atomic E-state index is -0.723. The van der Waals surface area contributed by atoms with Gasteiger partial charge in [0.25, 0.3) is 0 Å². The monoisotopic (exact) mass is 387 g/mol. The fourth-order valence-electron chi connectivity index (χ4n) is 2.27. The molecular formula is C16H16BrCl2NO. The van der Waals surface area contributed by atoms with Crippen LogP contribution in [0.5, 0.6) is 0 Å². The number of hydrogen-bond donors (Lipinski definition) is 2. The standard InChI is InChI=1S/C16H16BrCl2NO/c1-9-5-11(17)6-10(2)16(9)20-8-15(21)13-7-12(18)3-4-14(13)19/h3-7,15,20-21H,8H2,1-2H3. The lowest BCUT2D eigenvalue weighted by molar-refractivity contribution is 0.191. The zero-order valence-electron chi connectivity index (χ0n) is 11.8. The van der Waals surface area contributed by atoms with Gasteiger partial charge in [0, 0.05) is 32.3 Å². The van der Waals surface area contributed by atoms with Crippen molar-refractivity contribution in [2.24, 2.45) is 0 Å². The molecule has 0 heterocycles. The first kappa shape index (κ1) is 16.6. The lowest BCUT2D eigenvalue weighted by Crippen LogP contribution is -2.14. The largest absolute Gasteiger partial charge is 0.387 e. The van der Waals surface area contributed by atoms with E-state index in [1.54, 1.807) is 18.2 Å². The van der Waals surface area contributed by atoms with Crippen LogP contribution in [0, 0.1) is 13.8 Å². The van der Waals surface area contributed by atoms with E-state index in [1.165, 1.54) is 0 Å². The van der Waals surface area contributed by atoms with Gasteiger partial charge in [0.2, 0.25) is 0 Å². The van der Waals surface area contributed by atoms with Gasteiger partial charge in [-0.15, -0.1) is 0 Å². The molecule has 0 aliphatic rings. The zero-order chi connectivity index (χ0) is 15.6. The molecule has 0 saturated carbocycles. The van der Waals surface area contributed by atoms with Crippen LogP contribution in [0.3, 0.4) is 0 Å². The Morgan fingerprint density at radius 2 is 1.76 bits per heavy atom. The fourth-order valence-corrected chi connectivity index (χ4v) is 3.38. The second-order valence-corrected chi connectivity index (χ2v) is 6.74. The van der Waals surface area contributed by atoms with Gasteiger partial charge in [0.15, 0.2) is 0 Å². The molecule has 0 bridgehead atoms. The Morgan fingerprint density at radius 3 is 2.38 bits per heavy atom. The summed E-state index contributed by atoms with van der Waals surface area (Å²) in [4.78, 5) is 0. The first-order valence-corrected chi connectivity index (χ1v) is 8.07. The quantitative estimate of drug-likeness (QED) is 0.722. The molecule has 0 aromatic heterocycles. The summed E-state index contributed by atoms with van der Waals surface area (Å²) in [6, 6.07) is 9.16. The minimum absolute atomic E-state index is 0.364. The molecular weight excluding hydrogens is 373 g/mol. The molecule has 0 spiro atoms. The van der Waals surface area contributed by atoms with Crippen molar-refractivity contribution in [1.82, 2.24) is 0 Å². The van der Waals surface area contributed by atoms with E-state index in [-0.39, 0.29) is 0 Å². The maximum absolute atomic E-state index is 10.3. The average Bonchev–Trinajstić information content (AvgIpc) is 2.40. The molecule has 0 fully saturated rings. The third-order valence-corrected chi connectivity index (χ3v) is 4.32. The topological polar surface area (TPSA) is 32.3 Å². The molecule has 1 unspecified atom stereocenters. The molecule has 0 amide bonds. The summed E-state index contributed by atoms with van der Waals surface area (Å²) in [5.41, 5.74) is 3.89. The number of hydrogen-bond acceptors (Lipinski definition) is 2. The van der Waals surface area contributed by atoms with Crippen LogP contribution in [0.15, 0.2) is 34.8 Å². The Morgan fingerprint density at radius 1 is 1.14 bits per heavy atom. The van der Waals surface area contributed by atoms with Gasteiger partial charge in [0.1, 0.15) is 0 Å². The highest BCUT2D eigenvalue weighted by Gasteiger charge is 2.13.